The molecule has 0 bridgehead atoms. The van der Waals surface area contributed by atoms with Crippen LogP contribution in [-0.4, -0.2) is 17.2 Å². The molecule has 9 aromatic carbocycles. The summed E-state index contributed by atoms with van der Waals surface area (Å²) in [5.74, 6) is 0. The van der Waals surface area contributed by atoms with Gasteiger partial charge in [-0.3, -0.25) is 0 Å². The van der Waals surface area contributed by atoms with Gasteiger partial charge in [-0.2, -0.15) is 0 Å². The summed E-state index contributed by atoms with van der Waals surface area (Å²) in [5, 5.41) is 12.6. The van der Waals surface area contributed by atoms with E-state index in [-0.39, 0.29) is 0 Å². The standard InChI is InChI=1S/C54H36N2OSi/c1-4-17-38(18-5-1)58(39-19-6-2-7-20-39,40-21-8-3-9-22-40)41-32-33-44-42-23-10-13-27-48(42)55(52(44)36-41)37-31-34-50-47(35-37)43-24-11-14-28-49(43)56(50)51-29-16-26-46-45-25-12-15-30-53(45)57-54(46)51/h1-36H. The first kappa shape index (κ1) is 32.8. The van der Waals surface area contributed by atoms with Gasteiger partial charge < -0.3 is 13.6 Å². The van der Waals surface area contributed by atoms with Crippen molar-refractivity contribution in [2.24, 2.45) is 0 Å². The van der Waals surface area contributed by atoms with Crippen LogP contribution >= 0.6 is 0 Å². The first-order chi connectivity index (χ1) is 28.8. The van der Waals surface area contributed by atoms with Gasteiger partial charge in [0.1, 0.15) is 5.58 Å². The molecular weight excluding hydrogens is 721 g/mol. The maximum absolute atomic E-state index is 6.60. The first-order valence-electron chi connectivity index (χ1n) is 19.9. The number of hydrogen-bond donors (Lipinski definition) is 0. The summed E-state index contributed by atoms with van der Waals surface area (Å²) in [6, 6.07) is 80.3. The summed E-state index contributed by atoms with van der Waals surface area (Å²) in [5.41, 5.74) is 8.65. The highest BCUT2D eigenvalue weighted by Crippen LogP contribution is 2.40. The molecule has 0 spiro atoms. The van der Waals surface area contributed by atoms with E-state index in [0.29, 0.717) is 0 Å². The quantitative estimate of drug-likeness (QED) is 0.122. The molecule has 0 fully saturated rings. The Morgan fingerprint density at radius 2 is 0.828 bits per heavy atom. The molecule has 0 aliphatic carbocycles. The molecule has 0 radical (unpaired) electrons. The van der Waals surface area contributed by atoms with Gasteiger partial charge >= 0.3 is 0 Å². The molecule has 12 aromatic rings. The average Bonchev–Trinajstić information content (AvgIpc) is 3.95. The molecule has 0 aliphatic rings. The van der Waals surface area contributed by atoms with E-state index in [2.05, 4.69) is 221 Å². The molecule has 3 aromatic heterocycles. The minimum absolute atomic E-state index is 0.897. The molecule has 4 heteroatoms. The largest absolute Gasteiger partial charge is 0.454 e. The van der Waals surface area contributed by atoms with Crippen molar-refractivity contribution in [3.63, 3.8) is 0 Å². The SMILES string of the molecule is c1ccc([Si](c2ccccc2)(c2ccccc2)c2ccc3c4ccccc4n(-c4ccc5c(c4)c4ccccc4n5-c4cccc5c4oc4ccccc45)c3c2)cc1. The van der Waals surface area contributed by atoms with E-state index < -0.39 is 8.07 Å². The molecule has 0 unspecified atom stereocenters. The van der Waals surface area contributed by atoms with Gasteiger partial charge in [0.15, 0.2) is 13.7 Å². The first-order valence-corrected chi connectivity index (χ1v) is 21.9. The molecule has 0 aliphatic heterocycles. The number of para-hydroxylation sites is 4. The fourth-order valence-corrected chi connectivity index (χ4v) is 14.6. The van der Waals surface area contributed by atoms with Gasteiger partial charge in [0.25, 0.3) is 0 Å². The van der Waals surface area contributed by atoms with Crippen molar-refractivity contribution >= 4 is 94.4 Å². The van der Waals surface area contributed by atoms with Gasteiger partial charge in [0.05, 0.1) is 27.8 Å². The van der Waals surface area contributed by atoms with Crippen LogP contribution in [0.2, 0.25) is 0 Å². The number of fused-ring (bicyclic) bond motifs is 9. The van der Waals surface area contributed by atoms with E-state index in [1.807, 2.05) is 6.07 Å². The maximum Gasteiger partial charge on any atom is 0.179 e. The van der Waals surface area contributed by atoms with Crippen molar-refractivity contribution in [1.82, 2.24) is 9.13 Å². The fraction of sp³-hybridized carbons (Fsp3) is 0. The summed E-state index contributed by atoms with van der Waals surface area (Å²) >= 11 is 0. The highest BCUT2D eigenvalue weighted by atomic mass is 28.3. The molecule has 12 rings (SSSR count). The molecule has 0 N–H and O–H groups in total. The van der Waals surface area contributed by atoms with Crippen molar-refractivity contribution in [2.45, 2.75) is 0 Å². The van der Waals surface area contributed by atoms with Crippen LogP contribution < -0.4 is 20.7 Å². The third-order valence-corrected chi connectivity index (χ3v) is 17.0. The van der Waals surface area contributed by atoms with Crippen LogP contribution in [0.5, 0.6) is 0 Å². The Labute approximate surface area is 336 Å². The molecule has 3 heterocycles. The number of benzene rings is 9. The third-order valence-electron chi connectivity index (χ3n) is 12.3. The number of rotatable bonds is 6. The summed E-state index contributed by atoms with van der Waals surface area (Å²) < 4.78 is 11.5. The second-order valence-electron chi connectivity index (χ2n) is 15.2. The minimum atomic E-state index is -2.76. The Balaban J connectivity index is 1.14. The van der Waals surface area contributed by atoms with Gasteiger partial charge in [-0.1, -0.05) is 170 Å². The Morgan fingerprint density at radius 3 is 1.50 bits per heavy atom. The summed E-state index contributed by atoms with van der Waals surface area (Å²) in [4.78, 5) is 0. The predicted octanol–water partition coefficient (Wildman–Crippen LogP) is 11.2. The van der Waals surface area contributed by atoms with E-state index in [0.717, 1.165) is 44.3 Å². The highest BCUT2D eigenvalue weighted by molar-refractivity contribution is 7.20. The molecular formula is C54H36N2OSi. The second-order valence-corrected chi connectivity index (χ2v) is 19.0. The molecule has 0 saturated carbocycles. The number of nitrogens with zero attached hydrogens (tertiary/aromatic N) is 2. The Bertz CT molecular complexity index is 3410. The predicted molar refractivity (Wildman–Crippen MR) is 246 cm³/mol. The molecule has 0 saturated heterocycles. The Morgan fingerprint density at radius 1 is 0.310 bits per heavy atom. The minimum Gasteiger partial charge on any atom is -0.454 e. The van der Waals surface area contributed by atoms with E-state index in [4.69, 9.17) is 4.42 Å². The zero-order valence-electron chi connectivity index (χ0n) is 31.6. The molecule has 0 amide bonds. The van der Waals surface area contributed by atoms with E-state index in [1.165, 1.54) is 53.3 Å². The van der Waals surface area contributed by atoms with Crippen molar-refractivity contribution in [3.05, 3.63) is 218 Å². The van der Waals surface area contributed by atoms with Gasteiger partial charge in [0, 0.05) is 38.0 Å². The van der Waals surface area contributed by atoms with Gasteiger partial charge in [-0.15, -0.1) is 0 Å². The van der Waals surface area contributed by atoms with Crippen LogP contribution in [-0.2, 0) is 0 Å². The van der Waals surface area contributed by atoms with Crippen molar-refractivity contribution in [3.8, 4) is 11.4 Å². The molecule has 272 valence electrons. The van der Waals surface area contributed by atoms with Crippen LogP contribution in [0.3, 0.4) is 0 Å². The normalized spacial score (nSPS) is 12.1. The van der Waals surface area contributed by atoms with Crippen LogP contribution in [0.1, 0.15) is 0 Å². The monoisotopic (exact) mass is 756 g/mol. The van der Waals surface area contributed by atoms with Crippen molar-refractivity contribution in [1.29, 1.82) is 0 Å². The maximum atomic E-state index is 6.60. The molecule has 3 nitrogen and oxygen atoms in total. The van der Waals surface area contributed by atoms with Crippen molar-refractivity contribution < 1.29 is 4.42 Å². The lowest BCUT2D eigenvalue weighted by atomic mass is 10.1. The van der Waals surface area contributed by atoms with E-state index in [9.17, 15) is 0 Å². The summed E-state index contributed by atoms with van der Waals surface area (Å²) in [7, 11) is -2.76. The lowest BCUT2D eigenvalue weighted by Crippen LogP contribution is -2.74. The smallest absolute Gasteiger partial charge is 0.179 e. The lowest BCUT2D eigenvalue weighted by Gasteiger charge is -2.34. The van der Waals surface area contributed by atoms with Crippen LogP contribution in [0.15, 0.2) is 223 Å². The van der Waals surface area contributed by atoms with Gasteiger partial charge in [-0.05, 0) is 69.3 Å². The Hall–Kier alpha value is -7.40. The summed E-state index contributed by atoms with van der Waals surface area (Å²) in [6.45, 7) is 0. The van der Waals surface area contributed by atoms with Crippen LogP contribution in [0, 0.1) is 0 Å². The third kappa shape index (κ3) is 4.67. The second kappa shape index (κ2) is 12.8. The molecule has 58 heavy (non-hydrogen) atoms. The highest BCUT2D eigenvalue weighted by Gasteiger charge is 2.41. The zero-order valence-corrected chi connectivity index (χ0v) is 32.6. The summed E-state index contributed by atoms with van der Waals surface area (Å²) in [6.07, 6.45) is 0. The Kier molecular flexibility index (Phi) is 7.25. The lowest BCUT2D eigenvalue weighted by molar-refractivity contribution is 0.666. The van der Waals surface area contributed by atoms with Crippen LogP contribution in [0.4, 0.5) is 0 Å². The van der Waals surface area contributed by atoms with Crippen LogP contribution in [0.25, 0.3) is 76.9 Å². The van der Waals surface area contributed by atoms with Gasteiger partial charge in [0.2, 0.25) is 0 Å². The van der Waals surface area contributed by atoms with Gasteiger partial charge in [-0.25, -0.2) is 0 Å². The topological polar surface area (TPSA) is 23.0 Å². The van der Waals surface area contributed by atoms with Crippen molar-refractivity contribution in [2.75, 3.05) is 0 Å². The zero-order chi connectivity index (χ0) is 38.2. The molecule has 0 atom stereocenters. The average molecular weight is 757 g/mol. The number of hydrogen-bond acceptors (Lipinski definition) is 1. The number of aromatic nitrogens is 2. The van der Waals surface area contributed by atoms with E-state index >= 15 is 0 Å². The van der Waals surface area contributed by atoms with E-state index in [1.54, 1.807) is 0 Å². The fourth-order valence-electron chi connectivity index (χ4n) is 9.81. The number of furan rings is 1.